The van der Waals surface area contributed by atoms with Crippen LogP contribution < -0.4 is 9.80 Å². The zero-order valence-corrected chi connectivity index (χ0v) is 15.6. The van der Waals surface area contributed by atoms with Crippen molar-refractivity contribution < 1.29 is 4.79 Å². The molecule has 2 aromatic heterocycles. The van der Waals surface area contributed by atoms with Crippen LogP contribution in [0.25, 0.3) is 0 Å². The molecule has 1 saturated heterocycles. The van der Waals surface area contributed by atoms with E-state index in [1.165, 1.54) is 6.20 Å². The smallest absolute Gasteiger partial charge is 0.279 e. The molecule has 1 amide bonds. The number of hydrogen-bond donors (Lipinski definition) is 0. The maximum atomic E-state index is 12.9. The number of carbonyl (C=O) groups excluding carboxylic acids is 1. The summed E-state index contributed by atoms with van der Waals surface area (Å²) in [6.45, 7) is 4.16. The first-order valence-electron chi connectivity index (χ1n) is 7.81. The lowest BCUT2D eigenvalue weighted by molar-refractivity contribution is 0.0983. The molecule has 1 aliphatic rings. The number of aromatic nitrogens is 3. The molecule has 8 heteroatoms. The zero-order valence-electron chi connectivity index (χ0n) is 13.2. The van der Waals surface area contributed by atoms with E-state index in [0.717, 1.165) is 30.4 Å². The lowest BCUT2D eigenvalue weighted by atomic mass is 10.3. The number of amides is 1. The standard InChI is InChI=1S/C16H17BrClN5O/c1-2-23(13-6-5-11(17)9-19-13)15(24)14-12(18)10-20-16(21-14)22-7-3-4-8-22/h5-6,9-10H,2-4,7-8H2,1H3. The summed E-state index contributed by atoms with van der Waals surface area (Å²) in [5.41, 5.74) is 0.208. The fourth-order valence-corrected chi connectivity index (χ4v) is 3.05. The van der Waals surface area contributed by atoms with E-state index in [1.54, 1.807) is 17.2 Å². The Morgan fingerprint density at radius 1 is 1.29 bits per heavy atom. The van der Waals surface area contributed by atoms with Gasteiger partial charge in [0.2, 0.25) is 5.95 Å². The number of carbonyl (C=O) groups is 1. The molecule has 0 N–H and O–H groups in total. The number of nitrogens with zero attached hydrogens (tertiary/aromatic N) is 5. The van der Waals surface area contributed by atoms with Crippen molar-refractivity contribution in [3.05, 3.63) is 39.7 Å². The lowest BCUT2D eigenvalue weighted by Gasteiger charge is -2.21. The first-order chi connectivity index (χ1) is 11.6. The third-order valence-electron chi connectivity index (χ3n) is 3.87. The third-order valence-corrected chi connectivity index (χ3v) is 4.62. The number of anilines is 2. The van der Waals surface area contributed by atoms with Gasteiger partial charge in [-0.1, -0.05) is 11.6 Å². The first-order valence-corrected chi connectivity index (χ1v) is 8.98. The van der Waals surface area contributed by atoms with Gasteiger partial charge in [-0.2, -0.15) is 0 Å². The molecule has 0 radical (unpaired) electrons. The van der Waals surface area contributed by atoms with Crippen LogP contribution in [0.5, 0.6) is 0 Å². The highest BCUT2D eigenvalue weighted by Gasteiger charge is 2.24. The summed E-state index contributed by atoms with van der Waals surface area (Å²) in [7, 11) is 0. The van der Waals surface area contributed by atoms with E-state index in [9.17, 15) is 4.79 Å². The summed E-state index contributed by atoms with van der Waals surface area (Å²) in [6, 6.07) is 3.62. The van der Waals surface area contributed by atoms with Gasteiger partial charge in [0, 0.05) is 30.3 Å². The van der Waals surface area contributed by atoms with E-state index >= 15 is 0 Å². The van der Waals surface area contributed by atoms with E-state index in [4.69, 9.17) is 11.6 Å². The molecule has 0 atom stereocenters. The minimum Gasteiger partial charge on any atom is -0.341 e. The molecule has 3 rings (SSSR count). The largest absolute Gasteiger partial charge is 0.341 e. The molecule has 0 aromatic carbocycles. The molecule has 0 bridgehead atoms. The second-order valence-corrected chi connectivity index (χ2v) is 6.77. The Morgan fingerprint density at radius 3 is 2.67 bits per heavy atom. The van der Waals surface area contributed by atoms with Gasteiger partial charge in [0.1, 0.15) is 5.82 Å². The molecular weight excluding hydrogens is 394 g/mol. The Hall–Kier alpha value is -1.73. The number of halogens is 2. The van der Waals surface area contributed by atoms with Crippen molar-refractivity contribution in [2.24, 2.45) is 0 Å². The fourth-order valence-electron chi connectivity index (χ4n) is 2.64. The van der Waals surface area contributed by atoms with Crippen LogP contribution in [-0.4, -0.2) is 40.5 Å². The van der Waals surface area contributed by atoms with Crippen molar-refractivity contribution in [2.75, 3.05) is 29.4 Å². The SMILES string of the molecule is CCN(C(=O)c1nc(N2CCCC2)ncc1Cl)c1ccc(Br)cn1. The Bertz CT molecular complexity index is 734. The monoisotopic (exact) mass is 409 g/mol. The van der Waals surface area contributed by atoms with E-state index in [1.807, 2.05) is 13.0 Å². The molecule has 1 fully saturated rings. The predicted molar refractivity (Wildman–Crippen MR) is 97.8 cm³/mol. The molecule has 24 heavy (non-hydrogen) atoms. The van der Waals surface area contributed by atoms with Crippen LogP contribution in [0, 0.1) is 0 Å². The summed E-state index contributed by atoms with van der Waals surface area (Å²) in [5, 5.41) is 0.249. The highest BCUT2D eigenvalue weighted by molar-refractivity contribution is 9.10. The molecule has 1 aliphatic heterocycles. The normalized spacial score (nSPS) is 14.0. The van der Waals surface area contributed by atoms with E-state index < -0.39 is 0 Å². The quantitative estimate of drug-likeness (QED) is 0.771. The van der Waals surface area contributed by atoms with Gasteiger partial charge in [-0.25, -0.2) is 15.0 Å². The van der Waals surface area contributed by atoms with Crippen LogP contribution in [0.2, 0.25) is 5.02 Å². The number of rotatable bonds is 4. The predicted octanol–water partition coefficient (Wildman–Crippen LogP) is 3.55. The highest BCUT2D eigenvalue weighted by Crippen LogP contribution is 2.23. The average molecular weight is 411 g/mol. The van der Waals surface area contributed by atoms with E-state index in [2.05, 4.69) is 35.8 Å². The summed E-state index contributed by atoms with van der Waals surface area (Å²) in [6.07, 6.45) is 5.37. The minimum absolute atomic E-state index is 0.208. The molecule has 0 unspecified atom stereocenters. The van der Waals surface area contributed by atoms with Crippen molar-refractivity contribution >= 4 is 45.2 Å². The highest BCUT2D eigenvalue weighted by atomic mass is 79.9. The van der Waals surface area contributed by atoms with Gasteiger partial charge in [0.15, 0.2) is 5.69 Å². The second-order valence-electron chi connectivity index (χ2n) is 5.44. The van der Waals surface area contributed by atoms with Crippen LogP contribution >= 0.6 is 27.5 Å². The first kappa shape index (κ1) is 17.1. The third kappa shape index (κ3) is 3.52. The molecular formula is C16H17BrClN5O. The van der Waals surface area contributed by atoms with Crippen molar-refractivity contribution in [1.29, 1.82) is 0 Å². The number of hydrogen-bond acceptors (Lipinski definition) is 5. The lowest BCUT2D eigenvalue weighted by Crippen LogP contribution is -2.33. The second kappa shape index (κ2) is 7.44. The summed E-state index contributed by atoms with van der Waals surface area (Å²) in [4.78, 5) is 29.5. The van der Waals surface area contributed by atoms with Gasteiger partial charge >= 0.3 is 0 Å². The van der Waals surface area contributed by atoms with E-state index in [0.29, 0.717) is 18.3 Å². The Kier molecular flexibility index (Phi) is 5.30. The summed E-state index contributed by atoms with van der Waals surface area (Å²) < 4.78 is 0.853. The molecule has 2 aromatic rings. The van der Waals surface area contributed by atoms with E-state index in [-0.39, 0.29) is 16.6 Å². The van der Waals surface area contributed by atoms with Crippen LogP contribution in [0.15, 0.2) is 29.0 Å². The van der Waals surface area contributed by atoms with Crippen LogP contribution in [0.3, 0.4) is 0 Å². The minimum atomic E-state index is -0.278. The fraction of sp³-hybridized carbons (Fsp3) is 0.375. The van der Waals surface area contributed by atoms with Crippen molar-refractivity contribution in [3.8, 4) is 0 Å². The molecule has 6 nitrogen and oxygen atoms in total. The molecule has 0 saturated carbocycles. The Labute approximate surface area is 154 Å². The van der Waals surface area contributed by atoms with Crippen LogP contribution in [0.4, 0.5) is 11.8 Å². The van der Waals surface area contributed by atoms with Gasteiger partial charge in [0.05, 0.1) is 11.2 Å². The maximum absolute atomic E-state index is 12.9. The summed E-state index contributed by atoms with van der Waals surface area (Å²) >= 11 is 9.54. The molecule has 0 spiro atoms. The van der Waals surface area contributed by atoms with Gasteiger partial charge in [0.25, 0.3) is 5.91 Å². The van der Waals surface area contributed by atoms with Crippen LogP contribution in [-0.2, 0) is 0 Å². The molecule has 3 heterocycles. The van der Waals surface area contributed by atoms with Gasteiger partial charge in [-0.15, -0.1) is 0 Å². The molecule has 126 valence electrons. The van der Waals surface area contributed by atoms with Crippen molar-refractivity contribution in [2.45, 2.75) is 19.8 Å². The Morgan fingerprint density at radius 2 is 2.04 bits per heavy atom. The summed E-state index contributed by atoms with van der Waals surface area (Å²) in [5.74, 6) is 0.836. The zero-order chi connectivity index (χ0) is 17.1. The van der Waals surface area contributed by atoms with Crippen molar-refractivity contribution in [1.82, 2.24) is 15.0 Å². The van der Waals surface area contributed by atoms with Crippen LogP contribution in [0.1, 0.15) is 30.3 Å². The molecule has 0 aliphatic carbocycles. The van der Waals surface area contributed by atoms with Gasteiger partial charge in [-0.05, 0) is 47.8 Å². The van der Waals surface area contributed by atoms with Gasteiger partial charge < -0.3 is 4.90 Å². The topological polar surface area (TPSA) is 62.2 Å². The van der Waals surface area contributed by atoms with Gasteiger partial charge in [-0.3, -0.25) is 9.69 Å². The average Bonchev–Trinajstić information content (AvgIpc) is 3.12. The van der Waals surface area contributed by atoms with Crippen molar-refractivity contribution in [3.63, 3.8) is 0 Å². The Balaban J connectivity index is 1.92. The number of pyridine rings is 1. The maximum Gasteiger partial charge on any atom is 0.279 e.